The Balaban J connectivity index is 1.57. The first-order valence-corrected chi connectivity index (χ1v) is 10.5. The molecule has 1 aliphatic heterocycles. The molecular formula is C25H30O4. The van der Waals surface area contributed by atoms with Crippen LogP contribution in [0.3, 0.4) is 0 Å². The fraction of sp³-hybridized carbons (Fsp3) is 0.440. The Labute approximate surface area is 173 Å². The number of methoxy groups -OCH3 is 2. The topological polar surface area (TPSA) is 36.9 Å². The highest BCUT2D eigenvalue weighted by atomic mass is 16.7. The predicted molar refractivity (Wildman–Crippen MR) is 114 cm³/mol. The van der Waals surface area contributed by atoms with Crippen molar-refractivity contribution in [3.8, 4) is 11.5 Å². The Morgan fingerprint density at radius 3 is 2.14 bits per heavy atom. The summed E-state index contributed by atoms with van der Waals surface area (Å²) in [5.74, 6) is 1.46. The Bertz CT molecular complexity index is 804. The third-order valence-corrected chi connectivity index (χ3v) is 6.01. The maximum absolute atomic E-state index is 6.56. The summed E-state index contributed by atoms with van der Waals surface area (Å²) < 4.78 is 23.4. The average Bonchev–Trinajstić information content (AvgIpc) is 3.18. The molecule has 0 N–H and O–H groups in total. The predicted octanol–water partition coefficient (Wildman–Crippen LogP) is 5.58. The van der Waals surface area contributed by atoms with E-state index >= 15 is 0 Å². The molecule has 0 amide bonds. The first-order valence-electron chi connectivity index (χ1n) is 10.5. The normalized spacial score (nSPS) is 22.1. The van der Waals surface area contributed by atoms with Crippen molar-refractivity contribution in [2.24, 2.45) is 0 Å². The van der Waals surface area contributed by atoms with Gasteiger partial charge in [-0.3, -0.25) is 0 Å². The first kappa shape index (κ1) is 20.0. The summed E-state index contributed by atoms with van der Waals surface area (Å²) in [7, 11) is 3.37. The summed E-state index contributed by atoms with van der Waals surface area (Å²) in [6, 6.07) is 16.4. The van der Waals surface area contributed by atoms with Gasteiger partial charge in [-0.05, 0) is 48.2 Å². The molecule has 2 aliphatic rings. The maximum atomic E-state index is 6.56. The van der Waals surface area contributed by atoms with E-state index in [4.69, 9.17) is 18.9 Å². The lowest BCUT2D eigenvalue weighted by atomic mass is 9.91. The van der Waals surface area contributed by atoms with Crippen LogP contribution >= 0.6 is 0 Å². The molecule has 4 heteroatoms. The van der Waals surface area contributed by atoms with Gasteiger partial charge in [0, 0.05) is 18.8 Å². The van der Waals surface area contributed by atoms with Gasteiger partial charge in [0.2, 0.25) is 0 Å². The minimum Gasteiger partial charge on any atom is -0.497 e. The van der Waals surface area contributed by atoms with Gasteiger partial charge in [0.25, 0.3) is 0 Å². The van der Waals surface area contributed by atoms with Gasteiger partial charge in [0.1, 0.15) is 11.5 Å². The van der Waals surface area contributed by atoms with Crippen molar-refractivity contribution in [2.75, 3.05) is 20.8 Å². The number of hydrogen-bond donors (Lipinski definition) is 0. The summed E-state index contributed by atoms with van der Waals surface area (Å²) in [6.45, 7) is 0.629. The summed E-state index contributed by atoms with van der Waals surface area (Å²) in [5, 5.41) is 0. The number of hydrogen-bond acceptors (Lipinski definition) is 4. The molecule has 1 saturated heterocycles. The molecule has 0 radical (unpaired) electrons. The van der Waals surface area contributed by atoms with E-state index in [2.05, 4.69) is 36.4 Å². The number of rotatable bonds is 6. The van der Waals surface area contributed by atoms with E-state index < -0.39 is 0 Å². The molecule has 2 aromatic rings. The zero-order chi connectivity index (χ0) is 20.1. The highest BCUT2D eigenvalue weighted by Crippen LogP contribution is 2.42. The Kier molecular flexibility index (Phi) is 6.22. The highest BCUT2D eigenvalue weighted by molar-refractivity contribution is 5.52. The second-order valence-corrected chi connectivity index (χ2v) is 7.87. The molecule has 2 atom stereocenters. The van der Waals surface area contributed by atoms with Crippen LogP contribution < -0.4 is 9.47 Å². The largest absolute Gasteiger partial charge is 0.497 e. The lowest BCUT2D eigenvalue weighted by Gasteiger charge is -2.32. The van der Waals surface area contributed by atoms with Gasteiger partial charge < -0.3 is 18.9 Å². The van der Waals surface area contributed by atoms with Crippen LogP contribution in [0.1, 0.15) is 49.1 Å². The fourth-order valence-corrected chi connectivity index (χ4v) is 4.31. The van der Waals surface area contributed by atoms with Gasteiger partial charge in [-0.25, -0.2) is 0 Å². The van der Waals surface area contributed by atoms with Crippen LogP contribution in [0.4, 0.5) is 0 Å². The van der Waals surface area contributed by atoms with Gasteiger partial charge >= 0.3 is 0 Å². The van der Waals surface area contributed by atoms with Crippen molar-refractivity contribution in [1.29, 1.82) is 0 Å². The second kappa shape index (κ2) is 9.02. The molecule has 1 heterocycles. The van der Waals surface area contributed by atoms with Crippen LogP contribution in [0.25, 0.3) is 6.08 Å². The molecule has 4 nitrogen and oxygen atoms in total. The highest BCUT2D eigenvalue weighted by Gasteiger charge is 2.44. The fourth-order valence-electron chi connectivity index (χ4n) is 4.31. The molecule has 1 aliphatic carbocycles. The van der Waals surface area contributed by atoms with E-state index in [1.165, 1.54) is 24.8 Å². The standard InChI is InChI=1S/C25H30O4/c1-26-21-11-6-19(7-12-21)8-15-23(20-9-13-22(27-2)14-10-20)24-18-28-25(29-24)16-4-3-5-17-25/h6-15,23-24H,3-5,16-18H2,1-2H3/b15-8+/t23-,24+/m0/s1. The minimum atomic E-state index is -0.373. The van der Waals surface area contributed by atoms with E-state index in [0.717, 1.165) is 29.9 Å². The van der Waals surface area contributed by atoms with Crippen molar-refractivity contribution in [1.82, 2.24) is 0 Å². The molecule has 0 aromatic heterocycles. The molecule has 1 spiro atoms. The minimum absolute atomic E-state index is 0.0102. The van der Waals surface area contributed by atoms with E-state index in [0.29, 0.717) is 6.61 Å². The van der Waals surface area contributed by atoms with Crippen molar-refractivity contribution in [3.05, 3.63) is 65.7 Å². The average molecular weight is 395 g/mol. The Morgan fingerprint density at radius 1 is 0.897 bits per heavy atom. The van der Waals surface area contributed by atoms with Crippen LogP contribution in [0.15, 0.2) is 54.6 Å². The van der Waals surface area contributed by atoms with Crippen LogP contribution in [0.5, 0.6) is 11.5 Å². The number of ether oxygens (including phenoxy) is 4. The molecule has 4 rings (SSSR count). The van der Waals surface area contributed by atoms with Crippen LogP contribution in [-0.4, -0.2) is 32.7 Å². The van der Waals surface area contributed by atoms with Crippen LogP contribution in [0.2, 0.25) is 0 Å². The Morgan fingerprint density at radius 2 is 1.52 bits per heavy atom. The summed E-state index contributed by atoms with van der Waals surface area (Å²) in [6.07, 6.45) is 10.0. The van der Waals surface area contributed by atoms with Crippen molar-refractivity contribution in [2.45, 2.75) is 49.9 Å². The maximum Gasteiger partial charge on any atom is 0.168 e. The van der Waals surface area contributed by atoms with Gasteiger partial charge in [0.15, 0.2) is 5.79 Å². The smallest absolute Gasteiger partial charge is 0.168 e. The molecule has 2 fully saturated rings. The van der Waals surface area contributed by atoms with Gasteiger partial charge in [-0.15, -0.1) is 0 Å². The van der Waals surface area contributed by atoms with E-state index in [1.807, 2.05) is 24.3 Å². The number of benzene rings is 2. The molecular weight excluding hydrogens is 364 g/mol. The van der Waals surface area contributed by atoms with E-state index in [9.17, 15) is 0 Å². The molecule has 1 saturated carbocycles. The Hall–Kier alpha value is -2.30. The molecule has 154 valence electrons. The zero-order valence-electron chi connectivity index (χ0n) is 17.3. The van der Waals surface area contributed by atoms with Gasteiger partial charge in [0.05, 0.1) is 26.9 Å². The van der Waals surface area contributed by atoms with E-state index in [1.54, 1.807) is 14.2 Å². The molecule has 0 bridgehead atoms. The van der Waals surface area contributed by atoms with Crippen molar-refractivity contribution >= 4 is 6.08 Å². The SMILES string of the molecule is COc1ccc(/C=C/[C@@H](c2ccc(OC)cc2)[C@H]2COC3(CCCCC3)O2)cc1. The second-order valence-electron chi connectivity index (χ2n) is 7.87. The summed E-state index contributed by atoms with van der Waals surface area (Å²) in [5.41, 5.74) is 2.34. The molecule has 0 unspecified atom stereocenters. The zero-order valence-corrected chi connectivity index (χ0v) is 17.3. The summed E-state index contributed by atoms with van der Waals surface area (Å²) in [4.78, 5) is 0. The molecule has 29 heavy (non-hydrogen) atoms. The monoisotopic (exact) mass is 394 g/mol. The third-order valence-electron chi connectivity index (χ3n) is 6.01. The quantitative estimate of drug-likeness (QED) is 0.641. The van der Waals surface area contributed by atoms with Crippen molar-refractivity contribution in [3.63, 3.8) is 0 Å². The van der Waals surface area contributed by atoms with Crippen molar-refractivity contribution < 1.29 is 18.9 Å². The van der Waals surface area contributed by atoms with Gasteiger partial charge in [-0.1, -0.05) is 42.8 Å². The first-order chi connectivity index (χ1) is 14.2. The van der Waals surface area contributed by atoms with Gasteiger partial charge in [-0.2, -0.15) is 0 Å². The van der Waals surface area contributed by atoms with E-state index in [-0.39, 0.29) is 17.8 Å². The summed E-state index contributed by atoms with van der Waals surface area (Å²) >= 11 is 0. The van der Waals surface area contributed by atoms with Crippen LogP contribution in [0, 0.1) is 0 Å². The lowest BCUT2D eigenvalue weighted by molar-refractivity contribution is -0.187. The third kappa shape index (κ3) is 4.65. The lowest BCUT2D eigenvalue weighted by Crippen LogP contribution is -2.34. The molecule has 2 aromatic carbocycles. The van der Waals surface area contributed by atoms with Crippen LogP contribution in [-0.2, 0) is 9.47 Å².